The molecule has 0 spiro atoms. The van der Waals surface area contributed by atoms with Crippen LogP contribution in [0.4, 0.5) is 0 Å². The van der Waals surface area contributed by atoms with E-state index in [1.807, 2.05) is 19.1 Å². The fraction of sp³-hybridized carbons (Fsp3) is 0.417. The summed E-state index contributed by atoms with van der Waals surface area (Å²) in [6.07, 6.45) is -0.902. The molecule has 0 saturated heterocycles. The maximum absolute atomic E-state index is 11.8. The molecule has 0 unspecified atom stereocenters. The molecule has 0 aliphatic carbocycles. The van der Waals surface area contributed by atoms with E-state index >= 15 is 0 Å². The largest absolute Gasteiger partial charge is 0.463 e. The van der Waals surface area contributed by atoms with E-state index in [0.717, 1.165) is 5.56 Å². The summed E-state index contributed by atoms with van der Waals surface area (Å²) in [6.45, 7) is 3.10. The number of aliphatic hydroxyl groups excluding tert-OH is 1. The van der Waals surface area contributed by atoms with Gasteiger partial charge in [0.15, 0.2) is 0 Å². The molecule has 1 aromatic rings. The van der Waals surface area contributed by atoms with Crippen molar-refractivity contribution in [3.05, 3.63) is 29.8 Å². The van der Waals surface area contributed by atoms with Gasteiger partial charge in [-0.05, 0) is 19.1 Å². The average Bonchev–Trinajstić information content (AvgIpc) is 2.27. The van der Waals surface area contributed by atoms with Crippen molar-refractivity contribution in [2.75, 3.05) is 12.4 Å². The van der Waals surface area contributed by atoms with E-state index in [-0.39, 0.29) is 12.4 Å². The lowest BCUT2D eigenvalue weighted by molar-refractivity contribution is -0.143. The summed E-state index contributed by atoms with van der Waals surface area (Å²) in [4.78, 5) is 11.2. The van der Waals surface area contributed by atoms with Gasteiger partial charge in [0.25, 0.3) is 0 Å². The summed E-state index contributed by atoms with van der Waals surface area (Å²) in [5.41, 5.74) is 1.09. The van der Waals surface area contributed by atoms with Crippen LogP contribution < -0.4 is 0 Å². The Kier molecular flexibility index (Phi) is 5.31. The number of aryl methyl sites for hydroxylation is 1. The van der Waals surface area contributed by atoms with Crippen LogP contribution in [-0.4, -0.2) is 33.7 Å². The Morgan fingerprint density at radius 2 is 2.00 bits per heavy atom. The van der Waals surface area contributed by atoms with Gasteiger partial charge in [-0.3, -0.25) is 9.00 Å². The van der Waals surface area contributed by atoms with E-state index in [1.165, 1.54) is 6.92 Å². The first kappa shape index (κ1) is 13.9. The van der Waals surface area contributed by atoms with E-state index in [4.69, 9.17) is 0 Å². The molecule has 0 aliphatic heterocycles. The minimum absolute atomic E-state index is 0.0658. The Hall–Kier alpha value is -1.20. The smallest absolute Gasteiger partial charge is 0.302 e. The molecule has 1 N–H and O–H groups in total. The number of rotatable bonds is 5. The first-order chi connectivity index (χ1) is 7.99. The molecular formula is C12H16O4S. The second-order valence-electron chi connectivity index (χ2n) is 3.78. The van der Waals surface area contributed by atoms with Crippen molar-refractivity contribution in [1.29, 1.82) is 0 Å². The summed E-state index contributed by atoms with van der Waals surface area (Å²) in [5, 5.41) is 9.51. The third kappa shape index (κ3) is 5.10. The van der Waals surface area contributed by atoms with Crippen LogP contribution in [-0.2, 0) is 20.3 Å². The second-order valence-corrected chi connectivity index (χ2v) is 5.28. The molecule has 0 radical (unpaired) electrons. The van der Waals surface area contributed by atoms with Crippen molar-refractivity contribution in [3.8, 4) is 0 Å². The lowest BCUT2D eigenvalue weighted by atomic mass is 10.2. The lowest BCUT2D eigenvalue weighted by Gasteiger charge is -2.10. The Labute approximate surface area is 103 Å². The van der Waals surface area contributed by atoms with Crippen molar-refractivity contribution in [2.24, 2.45) is 0 Å². The van der Waals surface area contributed by atoms with Gasteiger partial charge in [-0.2, -0.15) is 0 Å². The molecule has 0 saturated carbocycles. The SMILES string of the molecule is CC(=O)OC[C@@H](O)C[S@@](=O)c1ccc(C)cc1. The van der Waals surface area contributed by atoms with Gasteiger partial charge in [0.05, 0.1) is 22.7 Å². The Morgan fingerprint density at radius 1 is 1.41 bits per heavy atom. The summed E-state index contributed by atoms with van der Waals surface area (Å²) >= 11 is 0. The molecule has 0 fully saturated rings. The molecular weight excluding hydrogens is 240 g/mol. The first-order valence-electron chi connectivity index (χ1n) is 5.25. The molecule has 1 aromatic carbocycles. The van der Waals surface area contributed by atoms with E-state index < -0.39 is 22.9 Å². The number of carbonyl (C=O) groups is 1. The van der Waals surface area contributed by atoms with Crippen molar-refractivity contribution >= 4 is 16.8 Å². The van der Waals surface area contributed by atoms with Crippen molar-refractivity contribution in [1.82, 2.24) is 0 Å². The van der Waals surface area contributed by atoms with Crippen LogP contribution in [0.15, 0.2) is 29.2 Å². The van der Waals surface area contributed by atoms with Crippen LogP contribution >= 0.6 is 0 Å². The third-order valence-electron chi connectivity index (χ3n) is 2.11. The third-order valence-corrected chi connectivity index (χ3v) is 3.59. The molecule has 4 nitrogen and oxygen atoms in total. The molecule has 5 heteroatoms. The number of aliphatic hydroxyl groups is 1. The number of ether oxygens (including phenoxy) is 1. The fourth-order valence-electron chi connectivity index (χ4n) is 1.22. The van der Waals surface area contributed by atoms with Crippen LogP contribution in [0.25, 0.3) is 0 Å². The van der Waals surface area contributed by atoms with Crippen LogP contribution in [0.5, 0.6) is 0 Å². The van der Waals surface area contributed by atoms with Gasteiger partial charge in [0, 0.05) is 11.8 Å². The Bertz CT molecular complexity index is 399. The topological polar surface area (TPSA) is 63.6 Å². The van der Waals surface area contributed by atoms with E-state index in [1.54, 1.807) is 12.1 Å². The van der Waals surface area contributed by atoms with E-state index in [0.29, 0.717) is 4.90 Å². The highest BCUT2D eigenvalue weighted by atomic mass is 32.2. The molecule has 0 aromatic heterocycles. The fourth-order valence-corrected chi connectivity index (χ4v) is 2.30. The standard InChI is InChI=1S/C12H16O4S/c1-9-3-5-12(6-4-9)17(15)8-11(14)7-16-10(2)13/h3-6,11,14H,7-8H2,1-2H3/t11-,17-/m1/s1. The monoisotopic (exact) mass is 256 g/mol. The lowest BCUT2D eigenvalue weighted by Crippen LogP contribution is -2.23. The first-order valence-corrected chi connectivity index (χ1v) is 6.57. The molecule has 0 amide bonds. The zero-order valence-electron chi connectivity index (χ0n) is 9.88. The van der Waals surface area contributed by atoms with Crippen LogP contribution in [0, 0.1) is 6.92 Å². The van der Waals surface area contributed by atoms with Gasteiger partial charge in [0.2, 0.25) is 0 Å². The molecule has 2 atom stereocenters. The summed E-state index contributed by atoms with van der Waals surface area (Å²) in [5.74, 6) is -0.388. The zero-order chi connectivity index (χ0) is 12.8. The van der Waals surface area contributed by atoms with Gasteiger partial charge in [-0.15, -0.1) is 0 Å². The normalized spacial score (nSPS) is 14.1. The summed E-state index contributed by atoms with van der Waals surface area (Å²) < 4.78 is 16.5. The summed E-state index contributed by atoms with van der Waals surface area (Å²) in [6, 6.07) is 7.27. The highest BCUT2D eigenvalue weighted by Gasteiger charge is 2.12. The maximum atomic E-state index is 11.8. The average molecular weight is 256 g/mol. The van der Waals surface area contributed by atoms with Gasteiger partial charge >= 0.3 is 5.97 Å². The van der Waals surface area contributed by atoms with Gasteiger partial charge in [0.1, 0.15) is 6.61 Å². The van der Waals surface area contributed by atoms with Gasteiger partial charge in [-0.1, -0.05) is 17.7 Å². The molecule has 94 valence electrons. The second kappa shape index (κ2) is 6.51. The van der Waals surface area contributed by atoms with Crippen LogP contribution in [0.2, 0.25) is 0 Å². The van der Waals surface area contributed by atoms with Crippen molar-refractivity contribution in [3.63, 3.8) is 0 Å². The Morgan fingerprint density at radius 3 is 2.53 bits per heavy atom. The molecule has 0 bridgehead atoms. The molecule has 17 heavy (non-hydrogen) atoms. The Balaban J connectivity index is 2.48. The van der Waals surface area contributed by atoms with Crippen molar-refractivity contribution < 1.29 is 18.8 Å². The quantitative estimate of drug-likeness (QED) is 0.799. The maximum Gasteiger partial charge on any atom is 0.302 e. The highest BCUT2D eigenvalue weighted by Crippen LogP contribution is 2.09. The van der Waals surface area contributed by atoms with Crippen molar-refractivity contribution in [2.45, 2.75) is 24.8 Å². The van der Waals surface area contributed by atoms with Crippen LogP contribution in [0.1, 0.15) is 12.5 Å². The number of carbonyl (C=O) groups excluding carboxylic acids is 1. The van der Waals surface area contributed by atoms with Gasteiger partial charge in [-0.25, -0.2) is 0 Å². The number of hydrogen-bond donors (Lipinski definition) is 1. The molecule has 1 rings (SSSR count). The predicted octanol–water partition coefficient (Wildman–Crippen LogP) is 1.03. The zero-order valence-corrected chi connectivity index (χ0v) is 10.7. The van der Waals surface area contributed by atoms with E-state index in [9.17, 15) is 14.1 Å². The minimum Gasteiger partial charge on any atom is -0.463 e. The van der Waals surface area contributed by atoms with Crippen LogP contribution in [0.3, 0.4) is 0 Å². The number of hydrogen-bond acceptors (Lipinski definition) is 4. The highest BCUT2D eigenvalue weighted by molar-refractivity contribution is 7.85. The minimum atomic E-state index is -1.28. The number of benzene rings is 1. The van der Waals surface area contributed by atoms with Gasteiger partial charge < -0.3 is 9.84 Å². The van der Waals surface area contributed by atoms with E-state index in [2.05, 4.69) is 4.74 Å². The molecule has 0 aliphatic rings. The predicted molar refractivity (Wildman–Crippen MR) is 65.1 cm³/mol. The summed E-state index contributed by atoms with van der Waals surface area (Å²) in [7, 11) is -1.28. The molecule has 0 heterocycles. The number of esters is 1.